The van der Waals surface area contributed by atoms with Crippen LogP contribution in [0.3, 0.4) is 0 Å². The van der Waals surface area contributed by atoms with Crippen molar-refractivity contribution in [3.05, 3.63) is 54.1 Å². The summed E-state index contributed by atoms with van der Waals surface area (Å²) >= 11 is 0. The van der Waals surface area contributed by atoms with Gasteiger partial charge < -0.3 is 19.9 Å². The van der Waals surface area contributed by atoms with Crippen LogP contribution >= 0.6 is 7.37 Å². The lowest BCUT2D eigenvalue weighted by molar-refractivity contribution is -0.148. The van der Waals surface area contributed by atoms with Crippen molar-refractivity contribution in [3.8, 4) is 0 Å². The maximum atomic E-state index is 12.9. The molecule has 33 heavy (non-hydrogen) atoms. The van der Waals surface area contributed by atoms with Gasteiger partial charge in [0, 0.05) is 43.6 Å². The molecule has 1 aliphatic rings. The molecule has 0 bridgehead atoms. The third-order valence-corrected chi connectivity index (χ3v) is 8.31. The summed E-state index contributed by atoms with van der Waals surface area (Å²) in [6.45, 7) is 0.478. The number of hydrogen-bond acceptors (Lipinski definition) is 4. The first-order valence-electron chi connectivity index (χ1n) is 11.7. The van der Waals surface area contributed by atoms with Gasteiger partial charge in [0.1, 0.15) is 11.9 Å². The largest absolute Gasteiger partial charge is 0.480 e. The van der Waals surface area contributed by atoms with Crippen molar-refractivity contribution in [1.82, 2.24) is 14.9 Å². The van der Waals surface area contributed by atoms with Gasteiger partial charge in [0.25, 0.3) is 0 Å². The molecule has 3 atom stereocenters. The number of nitrogens with one attached hydrogen (secondary N) is 1. The Kier molecular flexibility index (Phi) is 9.27. The number of nitrogens with zero attached hydrogens (tertiary/aromatic N) is 2. The van der Waals surface area contributed by atoms with Gasteiger partial charge >= 0.3 is 5.97 Å². The molecule has 2 aromatic rings. The summed E-state index contributed by atoms with van der Waals surface area (Å²) in [6, 6.07) is 9.37. The van der Waals surface area contributed by atoms with Gasteiger partial charge in [-0.1, -0.05) is 30.3 Å². The summed E-state index contributed by atoms with van der Waals surface area (Å²) in [7, 11) is -3.35. The molecule has 0 radical (unpaired) electrons. The Morgan fingerprint density at radius 1 is 1.21 bits per heavy atom. The van der Waals surface area contributed by atoms with Gasteiger partial charge in [-0.2, -0.15) is 0 Å². The number of unbranched alkanes of at least 4 members (excludes halogenated alkanes) is 1. The van der Waals surface area contributed by atoms with Gasteiger partial charge in [-0.3, -0.25) is 9.36 Å². The van der Waals surface area contributed by atoms with E-state index in [-0.39, 0.29) is 30.6 Å². The molecule has 1 fully saturated rings. The van der Waals surface area contributed by atoms with Crippen LogP contribution in [0, 0.1) is 0 Å². The summed E-state index contributed by atoms with van der Waals surface area (Å²) < 4.78 is 12.9. The highest BCUT2D eigenvalue weighted by atomic mass is 31.2. The number of benzene rings is 1. The lowest BCUT2D eigenvalue weighted by atomic mass is 10.0. The van der Waals surface area contributed by atoms with Gasteiger partial charge in [-0.15, -0.1) is 0 Å². The van der Waals surface area contributed by atoms with Crippen LogP contribution in [-0.2, 0) is 20.6 Å². The third-order valence-electron chi connectivity index (χ3n) is 6.28. The zero-order chi connectivity index (χ0) is 23.7. The molecule has 2 heterocycles. The first-order chi connectivity index (χ1) is 15.9. The van der Waals surface area contributed by atoms with E-state index in [9.17, 15) is 24.2 Å². The van der Waals surface area contributed by atoms with E-state index in [1.165, 1.54) is 10.5 Å². The average Bonchev–Trinajstić information content (AvgIpc) is 3.49. The molecular weight excluding hydrogens is 441 g/mol. The van der Waals surface area contributed by atoms with Crippen LogP contribution in [0.2, 0.25) is 0 Å². The quantitative estimate of drug-likeness (QED) is 0.297. The molecule has 9 heteroatoms. The van der Waals surface area contributed by atoms with E-state index < -0.39 is 19.4 Å². The third kappa shape index (κ3) is 7.83. The van der Waals surface area contributed by atoms with Crippen LogP contribution in [0.1, 0.15) is 62.3 Å². The van der Waals surface area contributed by atoms with Crippen molar-refractivity contribution < 1.29 is 24.2 Å². The van der Waals surface area contributed by atoms with E-state index in [1.807, 2.05) is 18.2 Å². The van der Waals surface area contributed by atoms with Crippen LogP contribution in [-0.4, -0.2) is 61.7 Å². The molecule has 1 saturated heterocycles. The number of carboxylic acids is 1. The second-order valence-electron chi connectivity index (χ2n) is 8.84. The number of aryl methyl sites for hydroxylation is 1. The minimum Gasteiger partial charge on any atom is -0.480 e. The summed E-state index contributed by atoms with van der Waals surface area (Å²) in [6.07, 6.45) is 8.61. The van der Waals surface area contributed by atoms with E-state index in [0.717, 1.165) is 12.8 Å². The van der Waals surface area contributed by atoms with Crippen molar-refractivity contribution in [2.24, 2.45) is 0 Å². The fraction of sp³-hybridized carbons (Fsp3) is 0.542. The monoisotopic (exact) mass is 475 g/mol. The van der Waals surface area contributed by atoms with Crippen LogP contribution in [0.5, 0.6) is 0 Å². The predicted molar refractivity (Wildman–Crippen MR) is 126 cm³/mol. The summed E-state index contributed by atoms with van der Waals surface area (Å²) in [4.78, 5) is 43.3. The molecule has 0 spiro atoms. The molecule has 8 nitrogen and oxygen atoms in total. The summed E-state index contributed by atoms with van der Waals surface area (Å²) in [5, 5.41) is 9.29. The minimum atomic E-state index is -3.35. The number of hydrogen-bond donors (Lipinski definition) is 3. The molecule has 180 valence electrons. The predicted octanol–water partition coefficient (Wildman–Crippen LogP) is 4.03. The number of carbonyl (C=O) groups is 2. The number of aromatic amines is 1. The van der Waals surface area contributed by atoms with Gasteiger partial charge in [0.05, 0.1) is 0 Å². The van der Waals surface area contributed by atoms with Crippen molar-refractivity contribution in [2.45, 2.75) is 63.3 Å². The number of amides is 1. The zero-order valence-electron chi connectivity index (χ0n) is 18.9. The molecule has 0 aliphatic carbocycles. The fourth-order valence-electron chi connectivity index (χ4n) is 4.55. The lowest BCUT2D eigenvalue weighted by Gasteiger charge is -2.22. The van der Waals surface area contributed by atoms with E-state index in [0.29, 0.717) is 44.5 Å². The van der Waals surface area contributed by atoms with Crippen molar-refractivity contribution in [1.29, 1.82) is 0 Å². The maximum absolute atomic E-state index is 12.9. The highest BCUT2D eigenvalue weighted by Crippen LogP contribution is 2.46. The summed E-state index contributed by atoms with van der Waals surface area (Å²) in [5.74, 6) is -0.703. The number of carboxylic acid groups (broad SMARTS) is 1. The van der Waals surface area contributed by atoms with Crippen molar-refractivity contribution in [3.63, 3.8) is 0 Å². The Labute approximate surface area is 194 Å². The molecule has 1 aromatic carbocycles. The molecular formula is C24H34N3O5P. The van der Waals surface area contributed by atoms with Crippen molar-refractivity contribution in [2.75, 3.05) is 18.9 Å². The minimum absolute atomic E-state index is 0.126. The Hall–Kier alpha value is -2.44. The molecule has 2 unspecified atom stereocenters. The molecule has 1 amide bonds. The topological polar surface area (TPSA) is 124 Å². The Balaban J connectivity index is 1.48. The highest BCUT2D eigenvalue weighted by Gasteiger charge is 2.34. The van der Waals surface area contributed by atoms with Crippen molar-refractivity contribution >= 4 is 19.2 Å². The highest BCUT2D eigenvalue weighted by molar-refractivity contribution is 7.58. The van der Waals surface area contributed by atoms with Gasteiger partial charge in [0.2, 0.25) is 13.3 Å². The van der Waals surface area contributed by atoms with E-state index in [2.05, 4.69) is 22.1 Å². The Bertz CT molecular complexity index is 935. The second-order valence-corrected chi connectivity index (χ2v) is 11.3. The number of aromatic nitrogens is 2. The molecule has 1 aliphatic heterocycles. The maximum Gasteiger partial charge on any atom is 0.326 e. The normalized spacial score (nSPS) is 18.7. The first kappa shape index (κ1) is 25.2. The van der Waals surface area contributed by atoms with Crippen LogP contribution < -0.4 is 0 Å². The Morgan fingerprint density at radius 2 is 2.00 bits per heavy atom. The fourth-order valence-corrected chi connectivity index (χ4v) is 6.49. The molecule has 3 N–H and O–H groups in total. The van der Waals surface area contributed by atoms with Gasteiger partial charge in [-0.25, -0.2) is 9.78 Å². The smallest absolute Gasteiger partial charge is 0.326 e. The molecule has 3 rings (SSSR count). The number of aliphatic carboxylic acids is 1. The van der Waals surface area contributed by atoms with Crippen LogP contribution in [0.15, 0.2) is 42.7 Å². The lowest BCUT2D eigenvalue weighted by Crippen LogP contribution is -2.40. The van der Waals surface area contributed by atoms with E-state index in [4.69, 9.17) is 0 Å². The van der Waals surface area contributed by atoms with Gasteiger partial charge in [0.15, 0.2) is 0 Å². The SMILES string of the molecule is O=C(O)[C@@H]1CCCN1C(=O)CCCC(CP(=O)(O)CCCCc1ccccc1)c1ncc[nH]1. The second kappa shape index (κ2) is 12.1. The number of rotatable bonds is 13. The number of H-pyrrole nitrogens is 1. The average molecular weight is 476 g/mol. The van der Waals surface area contributed by atoms with Crippen LogP contribution in [0.4, 0.5) is 0 Å². The molecule has 0 saturated carbocycles. The number of imidazole rings is 1. The van der Waals surface area contributed by atoms with Gasteiger partial charge in [-0.05, 0) is 50.5 Å². The summed E-state index contributed by atoms with van der Waals surface area (Å²) in [5.41, 5.74) is 1.23. The molecule has 1 aromatic heterocycles. The van der Waals surface area contributed by atoms with E-state index >= 15 is 0 Å². The standard InChI is InChI=1S/C24H34N3O5P/c28-22(27-16-7-12-21(27)24(29)30)13-6-11-20(23-25-14-15-26-23)18-33(31,32)17-5-4-10-19-8-2-1-3-9-19/h1-3,8-9,14-15,20-21H,4-7,10-13,16-18H2,(H,25,26)(H,29,30)(H,31,32)/t20?,21-/m0/s1. The first-order valence-corrected chi connectivity index (χ1v) is 13.7. The van der Waals surface area contributed by atoms with Crippen LogP contribution in [0.25, 0.3) is 0 Å². The number of carbonyl (C=O) groups excluding carboxylic acids is 1. The number of likely N-dealkylation sites (tertiary alicyclic amines) is 1. The van der Waals surface area contributed by atoms with E-state index in [1.54, 1.807) is 12.4 Å². The zero-order valence-corrected chi connectivity index (χ0v) is 19.8. The Morgan fingerprint density at radius 3 is 2.70 bits per heavy atom.